The molecule has 0 aromatic rings. The standard InChI is InChI=1S/C12H20O6/c1-5-16-10(13)7-9(12(15)17-6-2)18-11(14)8(3)4/h8-9H,5-7H2,1-4H3/t9-/m1/s1. The normalized spacial score (nSPS) is 11.8. The lowest BCUT2D eigenvalue weighted by Crippen LogP contribution is -2.33. The van der Waals surface area contributed by atoms with Crippen molar-refractivity contribution in [2.24, 2.45) is 5.92 Å². The van der Waals surface area contributed by atoms with Crippen molar-refractivity contribution in [3.8, 4) is 0 Å². The Kier molecular flexibility index (Phi) is 7.74. The number of rotatable bonds is 7. The van der Waals surface area contributed by atoms with Gasteiger partial charge in [-0.05, 0) is 13.8 Å². The second kappa shape index (κ2) is 8.49. The molecule has 0 aromatic heterocycles. The maximum absolute atomic E-state index is 11.5. The molecule has 104 valence electrons. The van der Waals surface area contributed by atoms with Crippen molar-refractivity contribution in [3.05, 3.63) is 0 Å². The first-order chi connectivity index (χ1) is 8.42. The van der Waals surface area contributed by atoms with Gasteiger partial charge in [-0.3, -0.25) is 9.59 Å². The molecule has 0 spiro atoms. The lowest BCUT2D eigenvalue weighted by Gasteiger charge is -2.16. The molecule has 0 N–H and O–H groups in total. The van der Waals surface area contributed by atoms with Crippen LogP contribution in [0.2, 0.25) is 0 Å². The van der Waals surface area contributed by atoms with Gasteiger partial charge < -0.3 is 14.2 Å². The predicted molar refractivity (Wildman–Crippen MR) is 62.6 cm³/mol. The minimum Gasteiger partial charge on any atom is -0.466 e. The molecule has 0 unspecified atom stereocenters. The summed E-state index contributed by atoms with van der Waals surface area (Å²) in [5.41, 5.74) is 0. The summed E-state index contributed by atoms with van der Waals surface area (Å²) in [5.74, 6) is -2.28. The van der Waals surface area contributed by atoms with Crippen molar-refractivity contribution in [2.45, 2.75) is 40.2 Å². The van der Waals surface area contributed by atoms with E-state index in [0.717, 1.165) is 0 Å². The van der Waals surface area contributed by atoms with E-state index in [-0.39, 0.29) is 25.6 Å². The molecule has 6 nitrogen and oxygen atoms in total. The molecular formula is C12H20O6. The van der Waals surface area contributed by atoms with Crippen LogP contribution in [0.15, 0.2) is 0 Å². The van der Waals surface area contributed by atoms with Crippen molar-refractivity contribution < 1.29 is 28.6 Å². The van der Waals surface area contributed by atoms with E-state index in [9.17, 15) is 14.4 Å². The summed E-state index contributed by atoms with van der Waals surface area (Å²) in [6, 6.07) is 0. The van der Waals surface area contributed by atoms with Crippen molar-refractivity contribution in [3.63, 3.8) is 0 Å². The van der Waals surface area contributed by atoms with E-state index < -0.39 is 24.0 Å². The molecule has 0 heterocycles. The van der Waals surface area contributed by atoms with Crippen LogP contribution < -0.4 is 0 Å². The van der Waals surface area contributed by atoms with Gasteiger partial charge in [0.1, 0.15) is 0 Å². The number of hydrogen-bond donors (Lipinski definition) is 0. The first-order valence-electron chi connectivity index (χ1n) is 5.95. The third-order valence-corrected chi connectivity index (χ3v) is 1.94. The topological polar surface area (TPSA) is 78.9 Å². The van der Waals surface area contributed by atoms with Crippen LogP contribution in [0.25, 0.3) is 0 Å². The molecule has 6 heteroatoms. The zero-order valence-corrected chi connectivity index (χ0v) is 11.2. The molecule has 0 bridgehead atoms. The van der Waals surface area contributed by atoms with E-state index in [1.165, 1.54) is 0 Å². The zero-order valence-electron chi connectivity index (χ0n) is 11.2. The van der Waals surface area contributed by atoms with Gasteiger partial charge in [0.05, 0.1) is 25.6 Å². The molecule has 0 aromatic carbocycles. The largest absolute Gasteiger partial charge is 0.466 e. The fraction of sp³-hybridized carbons (Fsp3) is 0.750. The van der Waals surface area contributed by atoms with Crippen molar-refractivity contribution in [2.75, 3.05) is 13.2 Å². The third kappa shape index (κ3) is 6.22. The Morgan fingerprint density at radius 3 is 1.94 bits per heavy atom. The first-order valence-corrected chi connectivity index (χ1v) is 5.95. The highest BCUT2D eigenvalue weighted by atomic mass is 16.6. The van der Waals surface area contributed by atoms with Crippen molar-refractivity contribution in [1.82, 2.24) is 0 Å². The maximum Gasteiger partial charge on any atom is 0.348 e. The third-order valence-electron chi connectivity index (χ3n) is 1.94. The lowest BCUT2D eigenvalue weighted by atomic mass is 10.2. The van der Waals surface area contributed by atoms with Gasteiger partial charge in [-0.2, -0.15) is 0 Å². The number of esters is 3. The van der Waals surface area contributed by atoms with Crippen LogP contribution in [0.5, 0.6) is 0 Å². The molecule has 0 aliphatic carbocycles. The van der Waals surface area contributed by atoms with Crippen LogP contribution in [0.1, 0.15) is 34.1 Å². The Hall–Kier alpha value is -1.59. The van der Waals surface area contributed by atoms with Gasteiger partial charge in [0.25, 0.3) is 0 Å². The molecule has 18 heavy (non-hydrogen) atoms. The lowest BCUT2D eigenvalue weighted by molar-refractivity contribution is -0.173. The molecule has 0 fully saturated rings. The summed E-state index contributed by atoms with van der Waals surface area (Å²) in [6.45, 7) is 6.90. The summed E-state index contributed by atoms with van der Waals surface area (Å²) in [4.78, 5) is 34.2. The van der Waals surface area contributed by atoms with Crippen LogP contribution in [-0.4, -0.2) is 37.2 Å². The van der Waals surface area contributed by atoms with Crippen LogP contribution in [0.3, 0.4) is 0 Å². The monoisotopic (exact) mass is 260 g/mol. The van der Waals surface area contributed by atoms with Gasteiger partial charge in [0.2, 0.25) is 6.10 Å². The zero-order chi connectivity index (χ0) is 14.1. The number of carbonyl (C=O) groups excluding carboxylic acids is 3. The number of hydrogen-bond acceptors (Lipinski definition) is 6. The van der Waals surface area contributed by atoms with E-state index >= 15 is 0 Å². The minimum absolute atomic E-state index is 0.150. The molecular weight excluding hydrogens is 240 g/mol. The highest BCUT2D eigenvalue weighted by Crippen LogP contribution is 2.08. The van der Waals surface area contributed by atoms with Crippen LogP contribution in [-0.2, 0) is 28.6 Å². The summed E-state index contributed by atoms with van der Waals surface area (Å²) >= 11 is 0. The van der Waals surface area contributed by atoms with Gasteiger partial charge >= 0.3 is 17.9 Å². The number of ether oxygens (including phenoxy) is 3. The number of carbonyl (C=O) groups is 3. The van der Waals surface area contributed by atoms with E-state index in [4.69, 9.17) is 14.2 Å². The highest BCUT2D eigenvalue weighted by molar-refractivity contribution is 5.84. The average Bonchev–Trinajstić information content (AvgIpc) is 2.28. The molecule has 1 atom stereocenters. The van der Waals surface area contributed by atoms with Crippen molar-refractivity contribution in [1.29, 1.82) is 0 Å². The molecule has 0 aliphatic heterocycles. The Bertz CT molecular complexity index is 297. The van der Waals surface area contributed by atoms with E-state index in [1.807, 2.05) is 0 Å². The summed E-state index contributed by atoms with van der Waals surface area (Å²) < 4.78 is 14.4. The van der Waals surface area contributed by atoms with Crippen LogP contribution in [0.4, 0.5) is 0 Å². The van der Waals surface area contributed by atoms with Gasteiger partial charge in [-0.25, -0.2) is 4.79 Å². The second-order valence-corrected chi connectivity index (χ2v) is 3.84. The van der Waals surface area contributed by atoms with Crippen LogP contribution >= 0.6 is 0 Å². The fourth-order valence-electron chi connectivity index (χ4n) is 1.06. The minimum atomic E-state index is -1.24. The van der Waals surface area contributed by atoms with E-state index in [2.05, 4.69) is 0 Å². The Balaban J connectivity index is 4.56. The van der Waals surface area contributed by atoms with Crippen molar-refractivity contribution >= 4 is 17.9 Å². The molecule has 0 aliphatic rings. The smallest absolute Gasteiger partial charge is 0.348 e. The quantitative estimate of drug-likeness (QED) is 0.503. The molecule has 0 amide bonds. The average molecular weight is 260 g/mol. The first kappa shape index (κ1) is 16.4. The molecule has 0 rings (SSSR count). The Morgan fingerprint density at radius 2 is 1.50 bits per heavy atom. The fourth-order valence-corrected chi connectivity index (χ4v) is 1.06. The van der Waals surface area contributed by atoms with Gasteiger partial charge in [-0.15, -0.1) is 0 Å². The SMILES string of the molecule is CCOC(=O)C[C@@H](OC(=O)C(C)C)C(=O)OCC. The summed E-state index contributed by atoms with van der Waals surface area (Å²) in [6.07, 6.45) is -1.57. The predicted octanol–water partition coefficient (Wildman–Crippen LogP) is 1.07. The summed E-state index contributed by atoms with van der Waals surface area (Å²) in [7, 11) is 0. The van der Waals surface area contributed by atoms with E-state index in [0.29, 0.717) is 0 Å². The molecule has 0 radical (unpaired) electrons. The van der Waals surface area contributed by atoms with Gasteiger partial charge in [0, 0.05) is 0 Å². The Labute approximate surface area is 107 Å². The second-order valence-electron chi connectivity index (χ2n) is 3.84. The van der Waals surface area contributed by atoms with Gasteiger partial charge in [-0.1, -0.05) is 13.8 Å². The van der Waals surface area contributed by atoms with Gasteiger partial charge in [0.15, 0.2) is 0 Å². The Morgan fingerprint density at radius 1 is 0.944 bits per heavy atom. The molecule has 0 saturated heterocycles. The molecule has 0 saturated carbocycles. The van der Waals surface area contributed by atoms with E-state index in [1.54, 1.807) is 27.7 Å². The maximum atomic E-state index is 11.5. The van der Waals surface area contributed by atoms with Crippen LogP contribution in [0, 0.1) is 5.92 Å². The highest BCUT2D eigenvalue weighted by Gasteiger charge is 2.28. The summed E-state index contributed by atoms with van der Waals surface area (Å²) in [5, 5.41) is 0.